The molecule has 1 aromatic carbocycles. The first-order valence-corrected chi connectivity index (χ1v) is 10.8. The van der Waals surface area contributed by atoms with Crippen LogP contribution in [-0.4, -0.2) is 44.6 Å². The van der Waals surface area contributed by atoms with Gasteiger partial charge >= 0.3 is 0 Å². The van der Waals surface area contributed by atoms with Crippen LogP contribution in [0.5, 0.6) is 0 Å². The van der Waals surface area contributed by atoms with Crippen LogP contribution in [0.25, 0.3) is 5.95 Å². The fourth-order valence-corrected chi connectivity index (χ4v) is 4.20. The molecule has 0 unspecified atom stereocenters. The van der Waals surface area contributed by atoms with Gasteiger partial charge < -0.3 is 0 Å². The minimum atomic E-state index is 0.0604. The molecule has 1 atom stereocenters. The summed E-state index contributed by atoms with van der Waals surface area (Å²) in [5, 5.41) is 0. The van der Waals surface area contributed by atoms with Crippen molar-refractivity contribution in [2.45, 2.75) is 24.3 Å². The molecule has 0 spiro atoms. The highest BCUT2D eigenvalue weighted by Crippen LogP contribution is 2.24. The molecule has 0 N–H and O–H groups in total. The summed E-state index contributed by atoms with van der Waals surface area (Å²) in [5.41, 5.74) is 1.97. The number of carbonyl (C=O) groups excluding carboxylic acids is 1. The summed E-state index contributed by atoms with van der Waals surface area (Å²) in [6.45, 7) is 2.60. The van der Waals surface area contributed by atoms with Gasteiger partial charge in [0, 0.05) is 53.8 Å². The number of nitrogens with zero attached hydrogens (tertiary/aromatic N) is 4. The maximum Gasteiger partial charge on any atom is 0.233 e. The van der Waals surface area contributed by atoms with Gasteiger partial charge in [0.2, 0.25) is 5.95 Å². The van der Waals surface area contributed by atoms with Crippen molar-refractivity contribution >= 4 is 17.5 Å². The van der Waals surface area contributed by atoms with Gasteiger partial charge in [0.05, 0.1) is 0 Å². The van der Waals surface area contributed by atoms with E-state index in [1.54, 1.807) is 24.2 Å². The van der Waals surface area contributed by atoms with Crippen LogP contribution in [-0.2, 0) is 6.54 Å². The first-order valence-electron chi connectivity index (χ1n) is 9.59. The molecular formula is C22H24N4OS. The van der Waals surface area contributed by atoms with Crippen LogP contribution >= 0.6 is 11.8 Å². The van der Waals surface area contributed by atoms with E-state index in [1.807, 2.05) is 53.4 Å². The molecule has 1 aliphatic rings. The number of carbonyl (C=O) groups is 1. The maximum absolute atomic E-state index is 13.0. The van der Waals surface area contributed by atoms with Crippen LogP contribution < -0.4 is 0 Å². The van der Waals surface area contributed by atoms with E-state index in [0.29, 0.717) is 5.95 Å². The number of ketones is 1. The molecule has 0 bridgehead atoms. The van der Waals surface area contributed by atoms with Gasteiger partial charge in [0.15, 0.2) is 5.78 Å². The molecule has 0 saturated carbocycles. The Balaban J connectivity index is 1.45. The second-order valence-electron chi connectivity index (χ2n) is 7.09. The smallest absolute Gasteiger partial charge is 0.233 e. The van der Waals surface area contributed by atoms with E-state index >= 15 is 0 Å². The van der Waals surface area contributed by atoms with Gasteiger partial charge in [0.25, 0.3) is 0 Å². The van der Waals surface area contributed by atoms with E-state index in [-0.39, 0.29) is 11.7 Å². The lowest BCUT2D eigenvalue weighted by Crippen LogP contribution is -2.38. The molecule has 4 rings (SSSR count). The van der Waals surface area contributed by atoms with E-state index in [4.69, 9.17) is 0 Å². The molecule has 28 heavy (non-hydrogen) atoms. The Morgan fingerprint density at radius 2 is 1.93 bits per heavy atom. The lowest BCUT2D eigenvalue weighted by atomic mass is 9.90. The van der Waals surface area contributed by atoms with E-state index in [9.17, 15) is 4.79 Å². The van der Waals surface area contributed by atoms with Gasteiger partial charge in [-0.1, -0.05) is 12.1 Å². The zero-order valence-electron chi connectivity index (χ0n) is 16.0. The minimum absolute atomic E-state index is 0.0604. The molecule has 1 aliphatic heterocycles. The van der Waals surface area contributed by atoms with E-state index in [2.05, 4.69) is 20.9 Å². The highest BCUT2D eigenvalue weighted by molar-refractivity contribution is 7.98. The highest BCUT2D eigenvalue weighted by atomic mass is 32.2. The van der Waals surface area contributed by atoms with Gasteiger partial charge in [-0.25, -0.2) is 9.97 Å². The zero-order chi connectivity index (χ0) is 19.3. The van der Waals surface area contributed by atoms with Crippen molar-refractivity contribution in [3.63, 3.8) is 0 Å². The summed E-state index contributed by atoms with van der Waals surface area (Å²) in [5.74, 6) is 1.01. The number of likely N-dealkylation sites (tertiary alicyclic amines) is 1. The van der Waals surface area contributed by atoms with Gasteiger partial charge in [-0.05, 0) is 56.0 Å². The van der Waals surface area contributed by atoms with Crippen molar-refractivity contribution in [3.05, 3.63) is 72.3 Å². The first-order chi connectivity index (χ1) is 13.7. The van der Waals surface area contributed by atoms with Crippen LogP contribution in [0.15, 0.2) is 66.0 Å². The van der Waals surface area contributed by atoms with Crippen molar-refractivity contribution in [1.82, 2.24) is 19.4 Å². The van der Waals surface area contributed by atoms with Crippen LogP contribution in [0, 0.1) is 5.92 Å². The third-order valence-electron chi connectivity index (χ3n) is 5.24. The monoisotopic (exact) mass is 392 g/mol. The predicted molar refractivity (Wildman–Crippen MR) is 112 cm³/mol. The molecule has 0 amide bonds. The SMILES string of the molecule is CSc1ccc(C(=O)[C@@H]2CCCN(Cc3cccn3-c3ncccn3)C2)cc1. The van der Waals surface area contributed by atoms with Gasteiger partial charge in [-0.15, -0.1) is 11.8 Å². The van der Waals surface area contributed by atoms with Crippen molar-refractivity contribution in [2.24, 2.45) is 5.92 Å². The molecule has 6 heteroatoms. The van der Waals surface area contributed by atoms with Crippen molar-refractivity contribution in [3.8, 4) is 5.95 Å². The average molecular weight is 393 g/mol. The van der Waals surface area contributed by atoms with E-state index in [0.717, 1.165) is 43.7 Å². The molecule has 2 aromatic heterocycles. The Labute approximate surface area is 169 Å². The molecule has 0 aliphatic carbocycles. The summed E-state index contributed by atoms with van der Waals surface area (Å²) in [6, 6.07) is 13.9. The molecule has 3 aromatic rings. The van der Waals surface area contributed by atoms with Crippen LogP contribution in [0.1, 0.15) is 28.9 Å². The van der Waals surface area contributed by atoms with Crippen LogP contribution in [0.2, 0.25) is 0 Å². The fraction of sp³-hybridized carbons (Fsp3) is 0.318. The third kappa shape index (κ3) is 4.18. The molecule has 3 heterocycles. The topological polar surface area (TPSA) is 51.0 Å². The number of piperidine rings is 1. The summed E-state index contributed by atoms with van der Waals surface area (Å²) < 4.78 is 2.02. The van der Waals surface area contributed by atoms with Crippen LogP contribution in [0.3, 0.4) is 0 Å². The molecular weight excluding hydrogens is 368 g/mol. The summed E-state index contributed by atoms with van der Waals surface area (Å²) >= 11 is 1.69. The average Bonchev–Trinajstić information content (AvgIpc) is 3.22. The Hall–Kier alpha value is -2.44. The normalized spacial score (nSPS) is 17.5. The predicted octanol–water partition coefficient (Wildman–Crippen LogP) is 4.08. The third-order valence-corrected chi connectivity index (χ3v) is 5.98. The Morgan fingerprint density at radius 3 is 2.68 bits per heavy atom. The summed E-state index contributed by atoms with van der Waals surface area (Å²) in [6.07, 6.45) is 9.55. The molecule has 1 fully saturated rings. The Bertz CT molecular complexity index is 923. The number of benzene rings is 1. The molecule has 144 valence electrons. The van der Waals surface area contributed by atoms with Crippen LogP contribution in [0.4, 0.5) is 0 Å². The van der Waals surface area contributed by atoms with Crippen molar-refractivity contribution < 1.29 is 4.79 Å². The van der Waals surface area contributed by atoms with Gasteiger partial charge in [0.1, 0.15) is 0 Å². The lowest BCUT2D eigenvalue weighted by Gasteiger charge is -2.32. The number of hydrogen-bond donors (Lipinski definition) is 0. The molecule has 0 radical (unpaired) electrons. The highest BCUT2D eigenvalue weighted by Gasteiger charge is 2.27. The Morgan fingerprint density at radius 1 is 1.14 bits per heavy atom. The minimum Gasteiger partial charge on any atom is -0.297 e. The summed E-state index contributed by atoms with van der Waals surface area (Å²) in [4.78, 5) is 25.2. The fourth-order valence-electron chi connectivity index (χ4n) is 3.79. The van der Waals surface area contributed by atoms with Gasteiger partial charge in [-0.3, -0.25) is 14.3 Å². The number of Topliss-reactive ketones (excluding diaryl/α,β-unsaturated/α-hetero) is 1. The number of thioether (sulfide) groups is 1. The Kier molecular flexibility index (Phi) is 5.88. The van der Waals surface area contributed by atoms with E-state index < -0.39 is 0 Å². The van der Waals surface area contributed by atoms with Gasteiger partial charge in [-0.2, -0.15) is 0 Å². The number of rotatable bonds is 6. The second-order valence-corrected chi connectivity index (χ2v) is 7.96. The quantitative estimate of drug-likeness (QED) is 0.467. The first kappa shape index (κ1) is 18.9. The molecule has 5 nitrogen and oxygen atoms in total. The largest absolute Gasteiger partial charge is 0.297 e. The standard InChI is InChI=1S/C22H24N4OS/c1-28-20-9-7-17(8-10-20)21(27)18-5-2-13-25(15-18)16-19-6-3-14-26(19)22-23-11-4-12-24-22/h3-4,6-12,14,18H,2,5,13,15-16H2,1H3/t18-/m1/s1. The zero-order valence-corrected chi connectivity index (χ0v) is 16.8. The van der Waals surface area contributed by atoms with Crippen molar-refractivity contribution in [1.29, 1.82) is 0 Å². The number of aromatic nitrogens is 3. The lowest BCUT2D eigenvalue weighted by molar-refractivity contribution is 0.0809. The van der Waals surface area contributed by atoms with Crippen molar-refractivity contribution in [2.75, 3.05) is 19.3 Å². The summed E-state index contributed by atoms with van der Waals surface area (Å²) in [7, 11) is 0. The number of hydrogen-bond acceptors (Lipinski definition) is 5. The maximum atomic E-state index is 13.0. The molecule has 1 saturated heterocycles. The second kappa shape index (κ2) is 8.71. The van der Waals surface area contributed by atoms with E-state index in [1.165, 1.54) is 4.90 Å².